The maximum atomic E-state index is 14.4. The molecule has 1 saturated heterocycles. The first-order valence-electron chi connectivity index (χ1n) is 10.9. The van der Waals surface area contributed by atoms with E-state index in [1.54, 1.807) is 0 Å². The molecule has 0 bridgehead atoms. The molecule has 0 saturated carbocycles. The highest BCUT2D eigenvalue weighted by Crippen LogP contribution is 2.39. The van der Waals surface area contributed by atoms with Gasteiger partial charge in [-0.3, -0.25) is 9.36 Å². The zero-order valence-electron chi connectivity index (χ0n) is 19.2. The molecule has 3 heterocycles. The van der Waals surface area contributed by atoms with Crippen molar-refractivity contribution < 1.29 is 31.9 Å². The number of alkyl halides is 5. The molecule has 1 aliphatic rings. The number of carbonyl (C=O) groups is 1. The molecule has 3 aromatic rings. The van der Waals surface area contributed by atoms with Gasteiger partial charge in [0.1, 0.15) is 11.4 Å². The van der Waals surface area contributed by atoms with Crippen LogP contribution in [0.2, 0.25) is 0 Å². The lowest BCUT2D eigenvalue weighted by molar-refractivity contribution is -0.143. The van der Waals surface area contributed by atoms with Crippen molar-refractivity contribution >= 4 is 28.6 Å². The summed E-state index contributed by atoms with van der Waals surface area (Å²) < 4.78 is 72.3. The van der Waals surface area contributed by atoms with Crippen LogP contribution in [0.5, 0.6) is 0 Å². The fourth-order valence-corrected chi connectivity index (χ4v) is 4.35. The Morgan fingerprint density at radius 1 is 1.28 bits per heavy atom. The van der Waals surface area contributed by atoms with E-state index in [9.17, 15) is 36.6 Å². The number of benzene rings is 1. The standard InChI is InChI=1S/C23H22F5N5O3/c1-12-9-14(17(23(26,27)28)31-18-13(20(35)36)5-3-7-29-18)16-15(10-12)19(34)32(2)21(30-16)33-8-4-6-22(24,25)11-33/h3,5,7,9-10,17H,4,6,8,11H2,1-2H3,(H,29,31)(H,35,36). The topological polar surface area (TPSA) is 100 Å². The van der Waals surface area contributed by atoms with Gasteiger partial charge < -0.3 is 15.3 Å². The Bertz CT molecular complexity index is 1390. The third-order valence-corrected chi connectivity index (χ3v) is 5.96. The number of piperidine rings is 1. The van der Waals surface area contributed by atoms with E-state index in [-0.39, 0.29) is 36.2 Å². The Morgan fingerprint density at radius 3 is 2.64 bits per heavy atom. The molecule has 2 aromatic heterocycles. The van der Waals surface area contributed by atoms with E-state index < -0.39 is 53.2 Å². The van der Waals surface area contributed by atoms with Crippen LogP contribution in [0.4, 0.5) is 33.7 Å². The van der Waals surface area contributed by atoms with E-state index in [1.165, 1.54) is 37.1 Å². The minimum absolute atomic E-state index is 0.117. The number of halogens is 5. The quantitative estimate of drug-likeness (QED) is 0.493. The third kappa shape index (κ3) is 4.82. The Kier molecular flexibility index (Phi) is 6.35. The SMILES string of the molecule is Cc1cc(C(Nc2ncccc2C(=O)O)C(F)(F)F)c2nc(N3CCCC(F)(F)C3)n(C)c(=O)c2c1. The summed E-state index contributed by atoms with van der Waals surface area (Å²) in [7, 11) is 1.32. The van der Waals surface area contributed by atoms with Crippen LogP contribution in [0.25, 0.3) is 10.9 Å². The average Bonchev–Trinajstić information content (AvgIpc) is 2.78. The summed E-state index contributed by atoms with van der Waals surface area (Å²) in [5.74, 6) is -5.23. The first-order valence-corrected chi connectivity index (χ1v) is 10.9. The molecule has 1 aliphatic heterocycles. The number of aromatic carboxylic acids is 1. The van der Waals surface area contributed by atoms with Gasteiger partial charge in [0.25, 0.3) is 11.5 Å². The van der Waals surface area contributed by atoms with Gasteiger partial charge in [-0.2, -0.15) is 13.2 Å². The monoisotopic (exact) mass is 511 g/mol. The van der Waals surface area contributed by atoms with Gasteiger partial charge in [-0.05, 0) is 37.1 Å². The second kappa shape index (κ2) is 9.03. The first-order chi connectivity index (χ1) is 16.8. The lowest BCUT2D eigenvalue weighted by Gasteiger charge is -2.34. The van der Waals surface area contributed by atoms with E-state index in [2.05, 4.69) is 15.3 Å². The van der Waals surface area contributed by atoms with Crippen LogP contribution in [0, 0.1) is 6.92 Å². The number of pyridine rings is 1. The second-order valence-corrected chi connectivity index (χ2v) is 8.73. The Morgan fingerprint density at radius 2 is 2.00 bits per heavy atom. The van der Waals surface area contributed by atoms with Gasteiger partial charge in [-0.25, -0.2) is 23.5 Å². The molecule has 13 heteroatoms. The molecule has 1 atom stereocenters. The van der Waals surface area contributed by atoms with Crippen molar-refractivity contribution in [2.75, 3.05) is 23.3 Å². The van der Waals surface area contributed by atoms with Crippen LogP contribution in [0.15, 0.2) is 35.3 Å². The van der Waals surface area contributed by atoms with E-state index in [0.717, 1.165) is 16.8 Å². The highest BCUT2D eigenvalue weighted by Gasteiger charge is 2.43. The minimum Gasteiger partial charge on any atom is -0.478 e. The normalized spacial score (nSPS) is 16.7. The molecule has 192 valence electrons. The predicted octanol–water partition coefficient (Wildman–Crippen LogP) is 4.29. The van der Waals surface area contributed by atoms with Crippen molar-refractivity contribution in [1.29, 1.82) is 0 Å². The molecule has 1 fully saturated rings. The summed E-state index contributed by atoms with van der Waals surface area (Å²) in [4.78, 5) is 33.9. The van der Waals surface area contributed by atoms with Crippen LogP contribution in [0.3, 0.4) is 0 Å². The van der Waals surface area contributed by atoms with E-state index in [4.69, 9.17) is 0 Å². The number of carboxylic acid groups (broad SMARTS) is 1. The summed E-state index contributed by atoms with van der Waals surface area (Å²) in [5, 5.41) is 11.4. The number of rotatable bonds is 5. The maximum absolute atomic E-state index is 14.4. The van der Waals surface area contributed by atoms with Crippen molar-refractivity contribution in [3.05, 3.63) is 57.5 Å². The van der Waals surface area contributed by atoms with Crippen molar-refractivity contribution in [3.63, 3.8) is 0 Å². The van der Waals surface area contributed by atoms with Gasteiger partial charge in [-0.15, -0.1) is 0 Å². The average molecular weight is 511 g/mol. The predicted molar refractivity (Wildman–Crippen MR) is 122 cm³/mol. The highest BCUT2D eigenvalue weighted by atomic mass is 19.4. The molecule has 4 rings (SSSR count). The number of aryl methyl sites for hydroxylation is 1. The number of fused-ring (bicyclic) bond motifs is 1. The van der Waals surface area contributed by atoms with Crippen LogP contribution >= 0.6 is 0 Å². The van der Waals surface area contributed by atoms with E-state index >= 15 is 0 Å². The number of nitrogens with one attached hydrogen (secondary N) is 1. The minimum atomic E-state index is -4.96. The summed E-state index contributed by atoms with van der Waals surface area (Å²) >= 11 is 0. The first kappa shape index (κ1) is 25.3. The van der Waals surface area contributed by atoms with Crippen molar-refractivity contribution in [3.8, 4) is 0 Å². The largest absolute Gasteiger partial charge is 0.478 e. The van der Waals surface area contributed by atoms with E-state index in [0.29, 0.717) is 5.56 Å². The molecule has 0 amide bonds. The van der Waals surface area contributed by atoms with Gasteiger partial charge in [-0.1, -0.05) is 6.07 Å². The Hall–Kier alpha value is -3.77. The summed E-state index contributed by atoms with van der Waals surface area (Å²) in [6, 6.07) is 2.42. The zero-order valence-corrected chi connectivity index (χ0v) is 19.2. The second-order valence-electron chi connectivity index (χ2n) is 8.73. The Labute approximate surface area is 201 Å². The molecule has 1 aromatic carbocycles. The van der Waals surface area contributed by atoms with Crippen LogP contribution in [0.1, 0.15) is 40.4 Å². The molecule has 0 aliphatic carbocycles. The number of aromatic nitrogens is 3. The summed E-state index contributed by atoms with van der Waals surface area (Å²) in [6.45, 7) is 0.925. The van der Waals surface area contributed by atoms with Crippen molar-refractivity contribution in [1.82, 2.24) is 14.5 Å². The fourth-order valence-electron chi connectivity index (χ4n) is 4.35. The van der Waals surface area contributed by atoms with Gasteiger partial charge >= 0.3 is 12.1 Å². The number of anilines is 2. The molecule has 0 spiro atoms. The molecule has 1 unspecified atom stereocenters. The molecular formula is C23H22F5N5O3. The summed E-state index contributed by atoms with van der Waals surface area (Å²) in [5.41, 5.74) is -1.63. The van der Waals surface area contributed by atoms with Crippen LogP contribution < -0.4 is 15.8 Å². The zero-order chi connectivity index (χ0) is 26.4. The van der Waals surface area contributed by atoms with Crippen molar-refractivity contribution in [2.24, 2.45) is 7.05 Å². The lowest BCUT2D eigenvalue weighted by Crippen LogP contribution is -2.45. The van der Waals surface area contributed by atoms with Gasteiger partial charge in [0.15, 0.2) is 6.04 Å². The molecule has 36 heavy (non-hydrogen) atoms. The van der Waals surface area contributed by atoms with E-state index in [1.807, 2.05) is 0 Å². The number of nitrogens with zero attached hydrogens (tertiary/aromatic N) is 4. The smallest absolute Gasteiger partial charge is 0.412 e. The van der Waals surface area contributed by atoms with Gasteiger partial charge in [0.2, 0.25) is 5.95 Å². The molecule has 0 radical (unpaired) electrons. The van der Waals surface area contributed by atoms with Gasteiger partial charge in [0.05, 0.1) is 17.4 Å². The number of hydrogen-bond acceptors (Lipinski definition) is 6. The fraction of sp³-hybridized carbons (Fsp3) is 0.391. The molecular weight excluding hydrogens is 489 g/mol. The van der Waals surface area contributed by atoms with Crippen LogP contribution in [-0.4, -0.2) is 50.8 Å². The third-order valence-electron chi connectivity index (χ3n) is 5.96. The Balaban J connectivity index is 1.93. The number of hydrogen-bond donors (Lipinski definition) is 2. The molecule has 2 N–H and O–H groups in total. The summed E-state index contributed by atoms with van der Waals surface area (Å²) in [6.07, 6.45) is -4.05. The highest BCUT2D eigenvalue weighted by molar-refractivity contribution is 5.93. The number of carboxylic acids is 1. The maximum Gasteiger partial charge on any atom is 0.412 e. The lowest BCUT2D eigenvalue weighted by atomic mass is 9.99. The molecule has 8 nitrogen and oxygen atoms in total. The van der Waals surface area contributed by atoms with Crippen LogP contribution in [-0.2, 0) is 7.05 Å². The van der Waals surface area contributed by atoms with Crippen molar-refractivity contribution in [2.45, 2.75) is 37.9 Å². The van der Waals surface area contributed by atoms with Gasteiger partial charge in [0, 0.05) is 31.8 Å².